The normalized spacial score (nSPS) is 19.7. The molecule has 0 aliphatic heterocycles. The van der Waals surface area contributed by atoms with Crippen molar-refractivity contribution in [2.24, 2.45) is 5.73 Å². The van der Waals surface area contributed by atoms with Crippen LogP contribution >= 0.6 is 0 Å². The Morgan fingerprint density at radius 2 is 1.62 bits per heavy atom. The third-order valence-electron chi connectivity index (χ3n) is 6.17. The molecule has 1 atom stereocenters. The summed E-state index contributed by atoms with van der Waals surface area (Å²) in [7, 11) is 0. The Labute approximate surface area is 188 Å². The molecular weight excluding hydrogens is 410 g/mol. The number of amides is 1. The van der Waals surface area contributed by atoms with Crippen LogP contribution in [-0.4, -0.2) is 29.9 Å². The van der Waals surface area contributed by atoms with E-state index in [0.29, 0.717) is 42.0 Å². The highest BCUT2D eigenvalue weighted by Crippen LogP contribution is 2.65. The van der Waals surface area contributed by atoms with Crippen LogP contribution in [0.4, 0.5) is 8.78 Å². The first-order valence-corrected chi connectivity index (χ1v) is 10.7. The zero-order valence-corrected chi connectivity index (χ0v) is 18.8. The number of carbonyl (C=O) groups excluding carboxylic acids is 1. The van der Waals surface area contributed by atoms with E-state index in [1.165, 1.54) is 0 Å². The lowest BCUT2D eigenvalue weighted by molar-refractivity contribution is -0.114. The Morgan fingerprint density at radius 1 is 1.06 bits per heavy atom. The molecule has 2 N–H and O–H groups in total. The summed E-state index contributed by atoms with van der Waals surface area (Å²) in [5.74, 6) is -2.58. The maximum absolute atomic E-state index is 14.4. The molecule has 1 unspecified atom stereocenters. The summed E-state index contributed by atoms with van der Waals surface area (Å²) in [6.45, 7) is 10.4. The third kappa shape index (κ3) is 4.54. The van der Waals surface area contributed by atoms with Gasteiger partial charge in [-0.25, -0.2) is 8.78 Å². The molecule has 170 valence electrons. The Balaban J connectivity index is 1.62. The molecule has 4 nitrogen and oxygen atoms in total. The maximum atomic E-state index is 14.4. The number of hydrogen-bond donors (Lipinski definition) is 1. The number of ether oxygens (including phenoxy) is 1. The molecule has 0 heterocycles. The molecule has 0 spiro atoms. The van der Waals surface area contributed by atoms with Crippen LogP contribution in [0.3, 0.4) is 0 Å². The third-order valence-corrected chi connectivity index (χ3v) is 6.17. The van der Waals surface area contributed by atoms with Gasteiger partial charge in [0.25, 0.3) is 5.92 Å². The van der Waals surface area contributed by atoms with Crippen LogP contribution in [0.2, 0.25) is 0 Å². The number of alkyl halides is 2. The average Bonchev–Trinajstić information content (AvgIpc) is 3.36. The van der Waals surface area contributed by atoms with Gasteiger partial charge in [-0.3, -0.25) is 4.79 Å². The van der Waals surface area contributed by atoms with Gasteiger partial charge in [0, 0.05) is 29.9 Å². The minimum atomic E-state index is -2.75. The van der Waals surface area contributed by atoms with E-state index in [1.807, 2.05) is 24.8 Å². The van der Waals surface area contributed by atoms with Gasteiger partial charge in [0.15, 0.2) is 0 Å². The number of benzene rings is 2. The first-order chi connectivity index (χ1) is 15.1. The number of allylic oxidation sites excluding steroid dienone is 2. The molecule has 1 fully saturated rings. The molecule has 1 amide bonds. The number of hydrogen-bond acceptors (Lipinski definition) is 3. The van der Waals surface area contributed by atoms with Gasteiger partial charge in [0.1, 0.15) is 5.75 Å². The fourth-order valence-electron chi connectivity index (χ4n) is 4.08. The smallest absolute Gasteiger partial charge is 0.263 e. The fourth-order valence-corrected chi connectivity index (χ4v) is 4.08. The van der Waals surface area contributed by atoms with Gasteiger partial charge in [-0.15, -0.1) is 0 Å². The Kier molecular flexibility index (Phi) is 6.72. The Hall–Kier alpha value is -3.15. The second kappa shape index (κ2) is 9.15. The highest BCUT2D eigenvalue weighted by molar-refractivity contribution is 5.91. The van der Waals surface area contributed by atoms with Crippen molar-refractivity contribution in [1.29, 1.82) is 0 Å². The second-order valence-electron chi connectivity index (χ2n) is 8.34. The molecule has 0 aromatic heterocycles. The van der Waals surface area contributed by atoms with Crippen molar-refractivity contribution in [3.8, 4) is 5.75 Å². The van der Waals surface area contributed by atoms with Gasteiger partial charge in [0.05, 0.1) is 12.0 Å². The van der Waals surface area contributed by atoms with Gasteiger partial charge in [-0.1, -0.05) is 49.0 Å². The molecule has 1 aliphatic rings. The monoisotopic (exact) mass is 440 g/mol. The minimum absolute atomic E-state index is 0.182. The summed E-state index contributed by atoms with van der Waals surface area (Å²) in [4.78, 5) is 13.4. The van der Waals surface area contributed by atoms with E-state index in [9.17, 15) is 13.6 Å². The number of rotatable bonds is 10. The molecule has 1 saturated carbocycles. The molecule has 0 saturated heterocycles. The predicted octanol–water partition coefficient (Wildman–Crippen LogP) is 5.40. The van der Waals surface area contributed by atoms with Gasteiger partial charge in [-0.05, 0) is 50.5 Å². The van der Waals surface area contributed by atoms with Gasteiger partial charge >= 0.3 is 0 Å². The SMILES string of the molecule is C=C(C)N(CCCOc1ccc(C2(c3ccccc3)CC2(F)F)cc1)/C(C)=C(\C)C(N)=O. The van der Waals surface area contributed by atoms with Crippen molar-refractivity contribution in [1.82, 2.24) is 4.90 Å². The van der Waals surface area contributed by atoms with E-state index in [1.54, 1.807) is 55.5 Å². The highest BCUT2D eigenvalue weighted by atomic mass is 19.3. The maximum Gasteiger partial charge on any atom is 0.263 e. The minimum Gasteiger partial charge on any atom is -0.494 e. The van der Waals surface area contributed by atoms with Crippen molar-refractivity contribution < 1.29 is 18.3 Å². The van der Waals surface area contributed by atoms with Crippen LogP contribution in [0, 0.1) is 0 Å². The van der Waals surface area contributed by atoms with E-state index in [-0.39, 0.29) is 6.42 Å². The lowest BCUT2D eigenvalue weighted by Crippen LogP contribution is -2.26. The highest BCUT2D eigenvalue weighted by Gasteiger charge is 2.72. The van der Waals surface area contributed by atoms with Crippen LogP contribution in [0.1, 0.15) is 44.7 Å². The Bertz CT molecular complexity index is 1020. The lowest BCUT2D eigenvalue weighted by Gasteiger charge is -2.26. The van der Waals surface area contributed by atoms with Gasteiger partial charge in [0.2, 0.25) is 5.91 Å². The van der Waals surface area contributed by atoms with Crippen molar-refractivity contribution in [3.63, 3.8) is 0 Å². The largest absolute Gasteiger partial charge is 0.494 e. The number of nitrogens with two attached hydrogens (primary N) is 1. The number of primary amides is 1. The molecule has 0 bridgehead atoms. The molecule has 2 aromatic carbocycles. The molecular formula is C26H30F2N2O2. The molecule has 2 aromatic rings. The van der Waals surface area contributed by atoms with Crippen molar-refractivity contribution in [3.05, 3.63) is 89.3 Å². The summed E-state index contributed by atoms with van der Waals surface area (Å²) in [6, 6.07) is 15.9. The van der Waals surface area contributed by atoms with Crippen LogP contribution < -0.4 is 10.5 Å². The van der Waals surface area contributed by atoms with Gasteiger partial charge in [-0.2, -0.15) is 0 Å². The summed E-state index contributed by atoms with van der Waals surface area (Å²) in [5, 5.41) is 0. The quantitative estimate of drug-likeness (QED) is 0.398. The zero-order chi connectivity index (χ0) is 23.5. The number of nitrogens with zero attached hydrogens (tertiary/aromatic N) is 1. The Morgan fingerprint density at radius 3 is 2.12 bits per heavy atom. The second-order valence-corrected chi connectivity index (χ2v) is 8.34. The van der Waals surface area contributed by atoms with E-state index in [4.69, 9.17) is 10.5 Å². The lowest BCUT2D eigenvalue weighted by atomic mass is 9.87. The van der Waals surface area contributed by atoms with E-state index in [0.717, 1.165) is 11.4 Å². The average molecular weight is 441 g/mol. The first kappa shape index (κ1) is 23.5. The molecule has 1 aliphatic carbocycles. The van der Waals surface area contributed by atoms with Crippen LogP contribution in [-0.2, 0) is 10.2 Å². The van der Waals surface area contributed by atoms with E-state index in [2.05, 4.69) is 6.58 Å². The fraction of sp³-hybridized carbons (Fsp3) is 0.346. The molecule has 6 heteroatoms. The van der Waals surface area contributed by atoms with Crippen LogP contribution in [0.25, 0.3) is 0 Å². The summed E-state index contributed by atoms with van der Waals surface area (Å²) in [6.07, 6.45) is 0.503. The van der Waals surface area contributed by atoms with Crippen molar-refractivity contribution >= 4 is 5.91 Å². The standard InChI is InChI=1S/C26H30F2N2O2/c1-18(2)30(20(4)19(3)24(29)31)15-8-16-32-23-13-11-22(12-14-23)25(17-26(25,27)28)21-9-6-5-7-10-21/h5-7,9-14H,1,8,15-17H2,2-4H3,(H2,29,31)/b20-19+. The van der Waals surface area contributed by atoms with Crippen molar-refractivity contribution in [2.45, 2.75) is 45.0 Å². The number of carbonyl (C=O) groups is 1. The molecule has 32 heavy (non-hydrogen) atoms. The van der Waals surface area contributed by atoms with E-state index >= 15 is 0 Å². The summed E-state index contributed by atoms with van der Waals surface area (Å²) >= 11 is 0. The van der Waals surface area contributed by atoms with E-state index < -0.39 is 17.2 Å². The van der Waals surface area contributed by atoms with Crippen molar-refractivity contribution in [2.75, 3.05) is 13.2 Å². The summed E-state index contributed by atoms with van der Waals surface area (Å²) in [5.41, 5.74) is 7.43. The van der Waals surface area contributed by atoms with Crippen LogP contribution in [0.5, 0.6) is 5.75 Å². The van der Waals surface area contributed by atoms with Gasteiger partial charge < -0.3 is 15.4 Å². The zero-order valence-electron chi connectivity index (χ0n) is 18.8. The molecule has 0 radical (unpaired) electrons. The topological polar surface area (TPSA) is 55.6 Å². The first-order valence-electron chi connectivity index (χ1n) is 10.7. The van der Waals surface area contributed by atoms with Crippen LogP contribution in [0.15, 0.2) is 78.1 Å². The molecule has 3 rings (SSSR count). The predicted molar refractivity (Wildman–Crippen MR) is 122 cm³/mol. The summed E-state index contributed by atoms with van der Waals surface area (Å²) < 4.78 is 34.6. The number of halogens is 2.